The van der Waals surface area contributed by atoms with Gasteiger partial charge in [-0.3, -0.25) is 9.59 Å². The molecule has 2 saturated heterocycles. The molecule has 2 fully saturated rings. The van der Waals surface area contributed by atoms with Crippen LogP contribution in [0.25, 0.3) is 0 Å². The second-order valence-electron chi connectivity index (χ2n) is 10.3. The largest absolute Gasteiger partial charge is 0.493 e. The minimum Gasteiger partial charge on any atom is -0.493 e. The number of piperidine rings is 1. The SMILES string of the molecule is CCOc1cc(C(=O)N2C3CCCC2COC3)ccc1C(=O)NCC(O)CNC1Cc2ccccc2C1. The number of amides is 2. The van der Waals surface area contributed by atoms with Crippen LogP contribution in [-0.2, 0) is 17.6 Å². The first-order valence-electron chi connectivity index (χ1n) is 13.5. The van der Waals surface area contributed by atoms with Gasteiger partial charge in [-0.2, -0.15) is 0 Å². The second kappa shape index (κ2) is 11.6. The lowest BCUT2D eigenvalue weighted by molar-refractivity contribution is -0.0566. The summed E-state index contributed by atoms with van der Waals surface area (Å²) in [6.07, 6.45) is 4.19. The van der Waals surface area contributed by atoms with E-state index >= 15 is 0 Å². The zero-order chi connectivity index (χ0) is 25.8. The number of nitrogens with one attached hydrogen (secondary N) is 2. The molecule has 5 rings (SSSR count). The van der Waals surface area contributed by atoms with Gasteiger partial charge < -0.3 is 30.1 Å². The number of rotatable bonds is 9. The number of aliphatic hydroxyl groups excluding tert-OH is 1. The predicted octanol–water partition coefficient (Wildman–Crippen LogP) is 2.33. The van der Waals surface area contributed by atoms with E-state index in [9.17, 15) is 14.7 Å². The zero-order valence-electron chi connectivity index (χ0n) is 21.4. The molecule has 1 aliphatic carbocycles. The summed E-state index contributed by atoms with van der Waals surface area (Å²) in [7, 11) is 0. The molecule has 198 valence electrons. The van der Waals surface area contributed by atoms with Crippen LogP contribution in [0.1, 0.15) is 58.0 Å². The van der Waals surface area contributed by atoms with Crippen LogP contribution in [0.2, 0.25) is 0 Å². The maximum Gasteiger partial charge on any atom is 0.255 e. The Kier molecular flexibility index (Phi) is 8.08. The Labute approximate surface area is 218 Å². The number of morpholine rings is 1. The Morgan fingerprint density at radius 3 is 2.46 bits per heavy atom. The number of nitrogens with zero attached hydrogens (tertiary/aromatic N) is 1. The van der Waals surface area contributed by atoms with E-state index < -0.39 is 6.10 Å². The molecule has 3 unspecified atom stereocenters. The number of benzene rings is 2. The molecule has 8 nitrogen and oxygen atoms in total. The van der Waals surface area contributed by atoms with Crippen molar-refractivity contribution in [2.24, 2.45) is 0 Å². The number of fused-ring (bicyclic) bond motifs is 3. The van der Waals surface area contributed by atoms with Crippen molar-refractivity contribution < 1.29 is 24.2 Å². The monoisotopic (exact) mass is 507 g/mol. The van der Waals surface area contributed by atoms with E-state index in [1.165, 1.54) is 11.1 Å². The van der Waals surface area contributed by atoms with Crippen LogP contribution < -0.4 is 15.4 Å². The number of hydrogen-bond acceptors (Lipinski definition) is 6. The Bertz CT molecular complexity index is 1080. The number of hydrogen-bond donors (Lipinski definition) is 3. The fraction of sp³-hybridized carbons (Fsp3) is 0.517. The van der Waals surface area contributed by atoms with Gasteiger partial charge in [0.2, 0.25) is 0 Å². The smallest absolute Gasteiger partial charge is 0.255 e. The molecular formula is C29H37N3O5. The van der Waals surface area contributed by atoms with E-state index in [-0.39, 0.29) is 30.4 Å². The summed E-state index contributed by atoms with van der Waals surface area (Å²) in [5.41, 5.74) is 3.57. The van der Waals surface area contributed by atoms with E-state index in [1.54, 1.807) is 18.2 Å². The summed E-state index contributed by atoms with van der Waals surface area (Å²) < 4.78 is 11.4. The number of carbonyl (C=O) groups is 2. The van der Waals surface area contributed by atoms with E-state index in [2.05, 4.69) is 34.9 Å². The highest BCUT2D eigenvalue weighted by Crippen LogP contribution is 2.30. The fourth-order valence-electron chi connectivity index (χ4n) is 5.82. The van der Waals surface area contributed by atoms with Gasteiger partial charge in [-0.15, -0.1) is 0 Å². The Hall–Kier alpha value is -2.94. The highest BCUT2D eigenvalue weighted by atomic mass is 16.5. The van der Waals surface area contributed by atoms with Gasteiger partial charge in [-0.05, 0) is 68.4 Å². The zero-order valence-corrected chi connectivity index (χ0v) is 21.4. The minimum atomic E-state index is -0.718. The van der Waals surface area contributed by atoms with Gasteiger partial charge in [-0.25, -0.2) is 0 Å². The van der Waals surface area contributed by atoms with E-state index in [1.807, 2.05) is 11.8 Å². The molecule has 0 aromatic heterocycles. The lowest BCUT2D eigenvalue weighted by atomic mass is 9.93. The van der Waals surface area contributed by atoms with Gasteiger partial charge in [0.1, 0.15) is 5.75 Å². The number of carbonyl (C=O) groups excluding carboxylic acids is 2. The average molecular weight is 508 g/mol. The van der Waals surface area contributed by atoms with Crippen molar-refractivity contribution in [1.29, 1.82) is 0 Å². The van der Waals surface area contributed by atoms with Crippen LogP contribution in [0.3, 0.4) is 0 Å². The lowest BCUT2D eigenvalue weighted by Crippen LogP contribution is -2.57. The summed E-state index contributed by atoms with van der Waals surface area (Å²) in [6, 6.07) is 13.9. The van der Waals surface area contributed by atoms with Crippen LogP contribution in [0.4, 0.5) is 0 Å². The second-order valence-corrected chi connectivity index (χ2v) is 10.3. The van der Waals surface area contributed by atoms with Gasteiger partial charge in [-0.1, -0.05) is 24.3 Å². The third kappa shape index (κ3) is 5.81. The maximum absolute atomic E-state index is 13.4. The van der Waals surface area contributed by atoms with Crippen molar-refractivity contribution in [3.8, 4) is 5.75 Å². The topological polar surface area (TPSA) is 100 Å². The maximum atomic E-state index is 13.4. The van der Waals surface area contributed by atoms with Crippen LogP contribution >= 0.6 is 0 Å². The molecule has 0 spiro atoms. The number of ether oxygens (including phenoxy) is 2. The van der Waals surface area contributed by atoms with Crippen molar-refractivity contribution in [3.63, 3.8) is 0 Å². The first kappa shape index (κ1) is 25.7. The molecule has 0 radical (unpaired) electrons. The van der Waals surface area contributed by atoms with Gasteiger partial charge in [0.15, 0.2) is 0 Å². The summed E-state index contributed by atoms with van der Waals surface area (Å²) in [6.45, 7) is 3.88. The molecule has 2 aliphatic heterocycles. The van der Waals surface area contributed by atoms with E-state index in [0.29, 0.717) is 49.3 Å². The molecule has 2 aromatic carbocycles. The van der Waals surface area contributed by atoms with Crippen molar-refractivity contribution in [1.82, 2.24) is 15.5 Å². The fourth-order valence-corrected chi connectivity index (χ4v) is 5.82. The molecule has 0 saturated carbocycles. The van der Waals surface area contributed by atoms with Crippen LogP contribution in [0.15, 0.2) is 42.5 Å². The molecule has 2 bridgehead atoms. The summed E-state index contributed by atoms with van der Waals surface area (Å²) in [5, 5.41) is 16.7. The highest BCUT2D eigenvalue weighted by Gasteiger charge is 2.38. The molecule has 3 atom stereocenters. The summed E-state index contributed by atoms with van der Waals surface area (Å²) in [5.74, 6) is 0.0000810. The molecule has 2 heterocycles. The molecular weight excluding hydrogens is 470 g/mol. The summed E-state index contributed by atoms with van der Waals surface area (Å²) in [4.78, 5) is 28.3. The molecule has 2 aromatic rings. The molecule has 3 aliphatic rings. The van der Waals surface area contributed by atoms with Gasteiger partial charge in [0.05, 0.1) is 43.6 Å². The van der Waals surface area contributed by atoms with E-state index in [4.69, 9.17) is 9.47 Å². The minimum absolute atomic E-state index is 0.0403. The van der Waals surface area contributed by atoms with Crippen molar-refractivity contribution in [2.75, 3.05) is 32.9 Å². The third-order valence-corrected chi connectivity index (χ3v) is 7.68. The van der Waals surface area contributed by atoms with Crippen molar-refractivity contribution >= 4 is 11.8 Å². The summed E-state index contributed by atoms with van der Waals surface area (Å²) >= 11 is 0. The van der Waals surface area contributed by atoms with E-state index in [0.717, 1.165) is 32.1 Å². The molecule has 37 heavy (non-hydrogen) atoms. The quantitative estimate of drug-likeness (QED) is 0.482. The van der Waals surface area contributed by atoms with Gasteiger partial charge >= 0.3 is 0 Å². The Balaban J connectivity index is 1.17. The van der Waals surface area contributed by atoms with Crippen LogP contribution in [-0.4, -0.2) is 79.0 Å². The average Bonchev–Trinajstić information content (AvgIpc) is 3.33. The normalized spacial score (nSPS) is 21.8. The van der Waals surface area contributed by atoms with Crippen LogP contribution in [0, 0.1) is 0 Å². The third-order valence-electron chi connectivity index (χ3n) is 7.68. The molecule has 3 N–H and O–H groups in total. The standard InChI is InChI=1S/C29H37N3O5/c1-2-37-27-14-21(29(35)32-23-8-5-9-24(32)18-36-17-23)10-11-26(27)28(34)31-16-25(33)15-30-22-12-19-6-3-4-7-20(19)13-22/h3-4,6-7,10-11,14,22-25,30,33H,2,5,8-9,12-13,15-18H2,1H3,(H,31,34). The van der Waals surface area contributed by atoms with Crippen molar-refractivity contribution in [3.05, 3.63) is 64.7 Å². The van der Waals surface area contributed by atoms with Crippen LogP contribution in [0.5, 0.6) is 5.75 Å². The molecule has 8 heteroatoms. The lowest BCUT2D eigenvalue weighted by Gasteiger charge is -2.45. The van der Waals surface area contributed by atoms with Crippen molar-refractivity contribution in [2.45, 2.75) is 63.3 Å². The molecule has 2 amide bonds. The first-order chi connectivity index (χ1) is 18.0. The number of aliphatic hydroxyl groups is 1. The Morgan fingerprint density at radius 2 is 1.78 bits per heavy atom. The first-order valence-corrected chi connectivity index (χ1v) is 13.5. The Morgan fingerprint density at radius 1 is 1.08 bits per heavy atom. The van der Waals surface area contributed by atoms with Gasteiger partial charge in [0, 0.05) is 24.7 Å². The van der Waals surface area contributed by atoms with Gasteiger partial charge in [0.25, 0.3) is 11.8 Å². The predicted molar refractivity (Wildman–Crippen MR) is 140 cm³/mol. The highest BCUT2D eigenvalue weighted by molar-refractivity contribution is 6.00.